The normalized spacial score (nSPS) is 11.3. The second-order valence-corrected chi connectivity index (χ2v) is 3.05. The van der Waals surface area contributed by atoms with Gasteiger partial charge in [-0.25, -0.2) is 0 Å². The van der Waals surface area contributed by atoms with E-state index >= 15 is 0 Å². The van der Waals surface area contributed by atoms with Crippen LogP contribution in [0.4, 0.5) is 18.9 Å². The number of halogens is 4. The highest BCUT2D eigenvalue weighted by Crippen LogP contribution is 2.21. The number of anilines is 1. The van der Waals surface area contributed by atoms with E-state index in [1.165, 1.54) is 29.6 Å². The maximum absolute atomic E-state index is 11.7. The molecule has 0 spiro atoms. The topological polar surface area (TPSA) is 12.0 Å². The molecule has 1 nitrogen and oxygen atoms in total. The van der Waals surface area contributed by atoms with Crippen LogP contribution >= 0.6 is 15.9 Å². The van der Waals surface area contributed by atoms with E-state index < -0.39 is 6.30 Å². The van der Waals surface area contributed by atoms with Crippen LogP contribution in [0.2, 0.25) is 0 Å². The molecule has 5 heteroatoms. The van der Waals surface area contributed by atoms with Crippen molar-refractivity contribution in [2.75, 3.05) is 5.32 Å². The first-order valence-corrected chi connectivity index (χ1v) is 3.87. The monoisotopic (exact) mass is 239 g/mol. The van der Waals surface area contributed by atoms with Crippen molar-refractivity contribution in [2.24, 2.45) is 0 Å². The van der Waals surface area contributed by atoms with Crippen LogP contribution in [0.3, 0.4) is 0 Å². The van der Waals surface area contributed by atoms with Gasteiger partial charge in [0.25, 0.3) is 0 Å². The molecule has 0 unspecified atom stereocenters. The summed E-state index contributed by atoms with van der Waals surface area (Å²) < 4.78 is 35.9. The van der Waals surface area contributed by atoms with Gasteiger partial charge < -0.3 is 0 Å². The Hall–Kier alpha value is -0.710. The highest BCUT2D eigenvalue weighted by molar-refractivity contribution is 9.10. The van der Waals surface area contributed by atoms with E-state index in [0.717, 1.165) is 4.47 Å². The molecular formula is C7H5BrF3N. The summed E-state index contributed by atoms with van der Waals surface area (Å²) in [5.74, 6) is 0. The van der Waals surface area contributed by atoms with Crippen molar-refractivity contribution in [3.63, 3.8) is 0 Å². The minimum absolute atomic E-state index is 0.0331. The maximum atomic E-state index is 11.7. The fourth-order valence-corrected chi connectivity index (χ4v) is 0.961. The molecule has 0 aliphatic carbocycles. The van der Waals surface area contributed by atoms with Crippen molar-refractivity contribution >= 4 is 21.6 Å². The van der Waals surface area contributed by atoms with E-state index in [4.69, 9.17) is 0 Å². The molecule has 0 atom stereocenters. The number of hydrogen-bond donors (Lipinski definition) is 1. The Balaban J connectivity index is 2.71. The number of alkyl halides is 3. The lowest BCUT2D eigenvalue weighted by Crippen LogP contribution is -2.20. The molecule has 0 amide bonds. The molecule has 0 saturated carbocycles. The van der Waals surface area contributed by atoms with Crippen LogP contribution in [-0.2, 0) is 0 Å². The fraction of sp³-hybridized carbons (Fsp3) is 0.143. The molecule has 1 rings (SSSR count). The van der Waals surface area contributed by atoms with Gasteiger partial charge in [-0.05, 0) is 24.3 Å². The Kier molecular flexibility index (Phi) is 2.62. The van der Waals surface area contributed by atoms with Crippen molar-refractivity contribution in [1.82, 2.24) is 0 Å². The van der Waals surface area contributed by atoms with Gasteiger partial charge in [-0.1, -0.05) is 15.9 Å². The second kappa shape index (κ2) is 3.35. The lowest BCUT2D eigenvalue weighted by molar-refractivity contribution is -0.0999. The molecule has 1 aromatic rings. The zero-order chi connectivity index (χ0) is 9.19. The summed E-state index contributed by atoms with van der Waals surface area (Å²) in [6.45, 7) is 0. The summed E-state index contributed by atoms with van der Waals surface area (Å²) in [6.07, 6.45) is -4.37. The molecule has 0 fully saturated rings. The van der Waals surface area contributed by atoms with Crippen LogP contribution < -0.4 is 5.32 Å². The van der Waals surface area contributed by atoms with Crippen molar-refractivity contribution < 1.29 is 13.2 Å². The molecule has 12 heavy (non-hydrogen) atoms. The Labute approximate surface area is 75.7 Å². The van der Waals surface area contributed by atoms with E-state index in [2.05, 4.69) is 15.9 Å². The Bertz CT molecular complexity index is 254. The van der Waals surface area contributed by atoms with Crippen molar-refractivity contribution in [2.45, 2.75) is 6.30 Å². The minimum Gasteiger partial charge on any atom is -0.298 e. The third kappa shape index (κ3) is 3.13. The number of nitrogens with one attached hydrogen (secondary N) is 1. The molecule has 0 bridgehead atoms. The van der Waals surface area contributed by atoms with Gasteiger partial charge >= 0.3 is 6.30 Å². The van der Waals surface area contributed by atoms with Crippen LogP contribution in [0, 0.1) is 0 Å². The summed E-state index contributed by atoms with van der Waals surface area (Å²) in [7, 11) is 0. The Morgan fingerprint density at radius 2 is 1.58 bits per heavy atom. The summed E-state index contributed by atoms with van der Waals surface area (Å²) in [4.78, 5) is 0. The van der Waals surface area contributed by atoms with Gasteiger partial charge in [0.2, 0.25) is 0 Å². The first-order chi connectivity index (χ1) is 5.47. The van der Waals surface area contributed by atoms with E-state index in [1.54, 1.807) is 0 Å². The maximum Gasteiger partial charge on any atom is 0.482 e. The quantitative estimate of drug-likeness (QED) is 0.742. The third-order valence-electron chi connectivity index (χ3n) is 1.13. The average molecular weight is 240 g/mol. The first-order valence-electron chi connectivity index (χ1n) is 3.08. The molecule has 1 aromatic carbocycles. The molecule has 0 heterocycles. The summed E-state index contributed by atoms with van der Waals surface area (Å²) in [6, 6.07) is 5.76. The van der Waals surface area contributed by atoms with Gasteiger partial charge in [0, 0.05) is 10.2 Å². The molecule has 0 saturated heterocycles. The molecule has 0 aromatic heterocycles. The molecule has 66 valence electrons. The standard InChI is InChI=1S/C7H5BrF3N/c8-5-1-3-6(4-2-5)12-7(9,10)11/h1-4,12H. The van der Waals surface area contributed by atoms with Crippen molar-refractivity contribution in [3.05, 3.63) is 28.7 Å². The van der Waals surface area contributed by atoms with Gasteiger partial charge in [-0.2, -0.15) is 13.2 Å². The average Bonchev–Trinajstić information content (AvgIpc) is 1.91. The zero-order valence-electron chi connectivity index (χ0n) is 5.82. The lowest BCUT2D eigenvalue weighted by Gasteiger charge is -2.08. The molecular weight excluding hydrogens is 235 g/mol. The Morgan fingerprint density at radius 3 is 2.00 bits per heavy atom. The number of hydrogen-bond acceptors (Lipinski definition) is 1. The zero-order valence-corrected chi connectivity index (χ0v) is 7.41. The van der Waals surface area contributed by atoms with Gasteiger partial charge in [0.15, 0.2) is 0 Å². The van der Waals surface area contributed by atoms with E-state index in [1.807, 2.05) is 0 Å². The highest BCUT2D eigenvalue weighted by Gasteiger charge is 2.26. The number of benzene rings is 1. The van der Waals surface area contributed by atoms with E-state index in [0.29, 0.717) is 0 Å². The van der Waals surface area contributed by atoms with E-state index in [-0.39, 0.29) is 5.69 Å². The van der Waals surface area contributed by atoms with Crippen LogP contribution in [0.25, 0.3) is 0 Å². The smallest absolute Gasteiger partial charge is 0.298 e. The third-order valence-corrected chi connectivity index (χ3v) is 1.66. The van der Waals surface area contributed by atoms with Gasteiger partial charge in [-0.15, -0.1) is 0 Å². The van der Waals surface area contributed by atoms with Crippen LogP contribution in [0.5, 0.6) is 0 Å². The first kappa shape index (κ1) is 9.38. The predicted molar refractivity (Wildman–Crippen MR) is 43.8 cm³/mol. The van der Waals surface area contributed by atoms with Crippen LogP contribution in [0.1, 0.15) is 0 Å². The summed E-state index contributed by atoms with van der Waals surface area (Å²) >= 11 is 3.12. The van der Waals surface area contributed by atoms with Gasteiger partial charge in [0.1, 0.15) is 0 Å². The van der Waals surface area contributed by atoms with Gasteiger partial charge in [0.05, 0.1) is 0 Å². The fourth-order valence-electron chi connectivity index (χ4n) is 0.697. The molecule has 1 N–H and O–H groups in total. The number of rotatable bonds is 1. The largest absolute Gasteiger partial charge is 0.482 e. The predicted octanol–water partition coefficient (Wildman–Crippen LogP) is 3.38. The SMILES string of the molecule is FC(F)(F)Nc1ccc(Br)cc1. The van der Waals surface area contributed by atoms with Crippen LogP contribution in [-0.4, -0.2) is 6.30 Å². The van der Waals surface area contributed by atoms with Crippen molar-refractivity contribution in [1.29, 1.82) is 0 Å². The molecule has 0 radical (unpaired) electrons. The molecule has 0 aliphatic rings. The van der Waals surface area contributed by atoms with Crippen molar-refractivity contribution in [3.8, 4) is 0 Å². The minimum atomic E-state index is -4.37. The van der Waals surface area contributed by atoms with Gasteiger partial charge in [-0.3, -0.25) is 5.32 Å². The highest BCUT2D eigenvalue weighted by atomic mass is 79.9. The van der Waals surface area contributed by atoms with E-state index in [9.17, 15) is 13.2 Å². The lowest BCUT2D eigenvalue weighted by atomic mass is 10.3. The Morgan fingerprint density at radius 1 is 1.08 bits per heavy atom. The summed E-state index contributed by atoms with van der Waals surface area (Å²) in [5.41, 5.74) is 0.0331. The summed E-state index contributed by atoms with van der Waals surface area (Å²) in [5, 5.41) is 1.39. The molecule has 0 aliphatic heterocycles. The second-order valence-electron chi connectivity index (χ2n) is 2.13. The van der Waals surface area contributed by atoms with Crippen LogP contribution in [0.15, 0.2) is 28.7 Å².